The van der Waals surface area contributed by atoms with Gasteiger partial charge in [0.25, 0.3) is 5.91 Å². The molecule has 0 radical (unpaired) electrons. The highest BCUT2D eigenvalue weighted by Gasteiger charge is 2.59. The number of nitriles is 1. The van der Waals surface area contributed by atoms with Crippen LogP contribution in [-0.4, -0.2) is 21.5 Å². The molecule has 0 N–H and O–H groups in total. The van der Waals surface area contributed by atoms with E-state index in [1.54, 1.807) is 4.90 Å². The summed E-state index contributed by atoms with van der Waals surface area (Å²) in [6.07, 6.45) is -1.83. The molecule has 34 heavy (non-hydrogen) atoms. The lowest BCUT2D eigenvalue weighted by atomic mass is 9.75. The van der Waals surface area contributed by atoms with E-state index >= 15 is 0 Å². The number of alkyl halides is 3. The molecule has 3 aromatic rings. The molecule has 170 valence electrons. The summed E-state index contributed by atoms with van der Waals surface area (Å²) in [6.45, 7) is 0. The summed E-state index contributed by atoms with van der Waals surface area (Å²) < 4.78 is 40.6. The number of aromatic nitrogens is 1. The Kier molecular flexibility index (Phi) is 5.14. The average Bonchev–Trinajstić information content (AvgIpc) is 3.05. The zero-order chi connectivity index (χ0) is 24.1. The molecule has 2 aromatic carbocycles. The topological polar surface area (TPSA) is 60.2 Å². The molecule has 1 amide bonds. The van der Waals surface area contributed by atoms with Crippen LogP contribution in [0.4, 0.5) is 24.5 Å². The molecule has 1 saturated heterocycles. The van der Waals surface area contributed by atoms with Crippen LogP contribution in [0, 0.1) is 11.3 Å². The molecule has 1 aliphatic heterocycles. The average molecular weight is 478 g/mol. The lowest BCUT2D eigenvalue weighted by Crippen LogP contribution is -2.55. The van der Waals surface area contributed by atoms with E-state index in [0.29, 0.717) is 18.5 Å². The Morgan fingerprint density at radius 2 is 1.71 bits per heavy atom. The van der Waals surface area contributed by atoms with E-state index in [2.05, 4.69) is 4.98 Å². The molecule has 2 aliphatic rings. The third-order valence-corrected chi connectivity index (χ3v) is 6.71. The molecule has 1 aromatic heterocycles. The van der Waals surface area contributed by atoms with Gasteiger partial charge in [0.2, 0.25) is 0 Å². The number of halogens is 3. The van der Waals surface area contributed by atoms with Crippen molar-refractivity contribution in [2.24, 2.45) is 0 Å². The third-order valence-electron chi connectivity index (χ3n) is 6.35. The first kappa shape index (κ1) is 22.0. The summed E-state index contributed by atoms with van der Waals surface area (Å²) in [7, 11) is 0. The number of anilines is 2. The molecule has 9 heteroatoms. The first-order valence-corrected chi connectivity index (χ1v) is 11.0. The number of hydrogen-bond acceptors (Lipinski definition) is 4. The van der Waals surface area contributed by atoms with Gasteiger partial charge in [-0.3, -0.25) is 9.69 Å². The Hall–Kier alpha value is -3.77. The SMILES string of the molecule is N#Cc1ncc(N2C(=O)C3(CCC3)N(c3cccc(-c4ccccc4)c3)C2=S)cc1C(F)(F)F. The summed E-state index contributed by atoms with van der Waals surface area (Å²) >= 11 is 5.67. The number of hydrogen-bond donors (Lipinski definition) is 0. The monoisotopic (exact) mass is 478 g/mol. The maximum Gasteiger partial charge on any atom is 0.419 e. The predicted molar refractivity (Wildman–Crippen MR) is 125 cm³/mol. The first-order chi connectivity index (χ1) is 16.3. The van der Waals surface area contributed by atoms with Crippen LogP contribution in [0.1, 0.15) is 30.5 Å². The van der Waals surface area contributed by atoms with Crippen molar-refractivity contribution in [1.29, 1.82) is 5.26 Å². The fourth-order valence-electron chi connectivity index (χ4n) is 4.54. The van der Waals surface area contributed by atoms with E-state index in [4.69, 9.17) is 17.5 Å². The second kappa shape index (κ2) is 7.92. The summed E-state index contributed by atoms with van der Waals surface area (Å²) in [5, 5.41) is 9.15. The van der Waals surface area contributed by atoms with Gasteiger partial charge in [-0.05, 0) is 60.8 Å². The van der Waals surface area contributed by atoms with Crippen LogP contribution in [-0.2, 0) is 11.0 Å². The number of pyridine rings is 1. The number of amides is 1. The minimum atomic E-state index is -4.80. The minimum Gasteiger partial charge on any atom is -0.303 e. The highest BCUT2D eigenvalue weighted by atomic mass is 32.1. The quantitative estimate of drug-likeness (QED) is 0.452. The van der Waals surface area contributed by atoms with Gasteiger partial charge in [-0.15, -0.1) is 0 Å². The van der Waals surface area contributed by atoms with Gasteiger partial charge in [0.1, 0.15) is 11.6 Å². The molecular formula is C25H17F3N4OS. The van der Waals surface area contributed by atoms with E-state index in [9.17, 15) is 18.0 Å². The Bertz CT molecular complexity index is 1350. The van der Waals surface area contributed by atoms with Crippen LogP contribution in [0.25, 0.3) is 11.1 Å². The summed E-state index contributed by atoms with van der Waals surface area (Å²) in [5.41, 5.74) is -0.380. The summed E-state index contributed by atoms with van der Waals surface area (Å²) in [5.74, 6) is -0.381. The van der Waals surface area contributed by atoms with Crippen molar-refractivity contribution in [3.8, 4) is 17.2 Å². The normalized spacial score (nSPS) is 17.1. The van der Waals surface area contributed by atoms with Gasteiger partial charge in [0.15, 0.2) is 10.8 Å². The molecule has 2 fully saturated rings. The molecule has 1 spiro atoms. The second-order valence-corrected chi connectivity index (χ2v) is 8.62. The van der Waals surface area contributed by atoms with Gasteiger partial charge in [-0.2, -0.15) is 18.4 Å². The molecular weight excluding hydrogens is 461 g/mol. The van der Waals surface area contributed by atoms with Gasteiger partial charge in [0, 0.05) is 5.69 Å². The Morgan fingerprint density at radius 1 is 1.00 bits per heavy atom. The standard InChI is InChI=1S/C25H17F3N4OS/c26-25(27,28)20-13-19(15-30-21(20)14-29)31-22(33)24(10-5-11-24)32(23(31)34)18-9-4-8-17(12-18)16-6-2-1-3-7-16/h1-4,6-9,12-13,15H,5,10-11H2. The molecule has 1 aliphatic carbocycles. The largest absolute Gasteiger partial charge is 0.419 e. The Balaban J connectivity index is 1.60. The zero-order valence-electron chi connectivity index (χ0n) is 17.7. The number of rotatable bonds is 3. The smallest absolute Gasteiger partial charge is 0.303 e. The molecule has 2 heterocycles. The van der Waals surface area contributed by atoms with Gasteiger partial charge >= 0.3 is 6.18 Å². The predicted octanol–water partition coefficient (Wildman–Crippen LogP) is 5.70. The van der Waals surface area contributed by atoms with Crippen molar-refractivity contribution in [1.82, 2.24) is 4.98 Å². The van der Waals surface area contributed by atoms with Crippen molar-refractivity contribution in [2.45, 2.75) is 31.0 Å². The zero-order valence-corrected chi connectivity index (χ0v) is 18.5. The Labute approximate surface area is 199 Å². The van der Waals surface area contributed by atoms with Gasteiger partial charge < -0.3 is 4.90 Å². The molecule has 0 atom stereocenters. The number of carbonyl (C=O) groups excluding carboxylic acids is 1. The number of benzene rings is 2. The highest BCUT2D eigenvalue weighted by Crippen LogP contribution is 2.48. The van der Waals surface area contributed by atoms with E-state index < -0.39 is 23.0 Å². The van der Waals surface area contributed by atoms with Crippen molar-refractivity contribution in [2.75, 3.05) is 9.80 Å². The van der Waals surface area contributed by atoms with Crippen molar-refractivity contribution in [3.05, 3.63) is 78.1 Å². The van der Waals surface area contributed by atoms with E-state index in [1.807, 2.05) is 54.6 Å². The van der Waals surface area contributed by atoms with Crippen molar-refractivity contribution >= 4 is 34.6 Å². The van der Waals surface area contributed by atoms with Gasteiger partial charge in [-0.25, -0.2) is 4.98 Å². The fourth-order valence-corrected chi connectivity index (χ4v) is 5.01. The first-order valence-electron chi connectivity index (χ1n) is 10.6. The molecule has 5 rings (SSSR count). The van der Waals surface area contributed by atoms with Gasteiger partial charge in [0.05, 0.1) is 17.4 Å². The maximum absolute atomic E-state index is 13.6. The van der Waals surface area contributed by atoms with Crippen LogP contribution in [0.5, 0.6) is 0 Å². The van der Waals surface area contributed by atoms with Gasteiger partial charge in [-0.1, -0.05) is 42.5 Å². The minimum absolute atomic E-state index is 0.0922. The van der Waals surface area contributed by atoms with Crippen molar-refractivity contribution in [3.63, 3.8) is 0 Å². The number of nitrogens with zero attached hydrogens (tertiary/aromatic N) is 4. The van der Waals surface area contributed by atoms with E-state index in [0.717, 1.165) is 34.7 Å². The van der Waals surface area contributed by atoms with Crippen LogP contribution < -0.4 is 9.80 Å². The molecule has 1 saturated carbocycles. The van der Waals surface area contributed by atoms with Crippen LogP contribution in [0.15, 0.2) is 66.9 Å². The lowest BCUT2D eigenvalue weighted by Gasteiger charge is -2.43. The molecule has 0 bridgehead atoms. The lowest BCUT2D eigenvalue weighted by molar-refractivity contribution is -0.138. The highest BCUT2D eigenvalue weighted by molar-refractivity contribution is 7.81. The van der Waals surface area contributed by atoms with Crippen LogP contribution >= 0.6 is 12.2 Å². The fraction of sp³-hybridized carbons (Fsp3) is 0.200. The van der Waals surface area contributed by atoms with E-state index in [1.165, 1.54) is 6.07 Å². The second-order valence-electron chi connectivity index (χ2n) is 8.26. The Morgan fingerprint density at radius 3 is 2.32 bits per heavy atom. The van der Waals surface area contributed by atoms with Crippen LogP contribution in [0.2, 0.25) is 0 Å². The molecule has 5 nitrogen and oxygen atoms in total. The number of carbonyl (C=O) groups is 1. The molecule has 0 unspecified atom stereocenters. The van der Waals surface area contributed by atoms with E-state index in [-0.39, 0.29) is 16.7 Å². The summed E-state index contributed by atoms with van der Waals surface area (Å²) in [4.78, 5) is 20.1. The van der Waals surface area contributed by atoms with Crippen LogP contribution in [0.3, 0.4) is 0 Å². The number of thiocarbonyl (C=S) groups is 1. The summed E-state index contributed by atoms with van der Waals surface area (Å²) in [6, 6.07) is 19.5. The van der Waals surface area contributed by atoms with Crippen molar-refractivity contribution < 1.29 is 18.0 Å². The third kappa shape index (κ3) is 3.33. The maximum atomic E-state index is 13.6.